The van der Waals surface area contributed by atoms with Crippen LogP contribution in [0, 0.1) is 0 Å². The van der Waals surface area contributed by atoms with Crippen LogP contribution < -0.4 is 0 Å². The van der Waals surface area contributed by atoms with Crippen LogP contribution in [0.4, 0.5) is 13.2 Å². The fraction of sp³-hybridized carbons (Fsp3) is 0.211. The van der Waals surface area contributed by atoms with Crippen molar-refractivity contribution < 1.29 is 18.0 Å². The van der Waals surface area contributed by atoms with Gasteiger partial charge in [-0.1, -0.05) is 11.6 Å². The summed E-state index contributed by atoms with van der Waals surface area (Å²) in [5.41, 5.74) is -0.692. The van der Waals surface area contributed by atoms with E-state index < -0.39 is 23.3 Å². The number of benzene rings is 1. The van der Waals surface area contributed by atoms with Crippen molar-refractivity contribution in [2.24, 2.45) is 0 Å². The van der Waals surface area contributed by atoms with Crippen LogP contribution in [0.3, 0.4) is 0 Å². The molecule has 9 heteroatoms. The number of hydrogen-bond acceptors (Lipinski definition) is 3. The molecule has 0 unspecified atom stereocenters. The molecule has 2 heterocycles. The quantitative estimate of drug-likeness (QED) is 0.620. The number of hydrogen-bond donors (Lipinski definition) is 0. The second-order valence-electron chi connectivity index (χ2n) is 5.97. The second kappa shape index (κ2) is 8.02. The minimum absolute atomic E-state index is 0.160. The van der Waals surface area contributed by atoms with E-state index in [0.717, 1.165) is 11.8 Å². The highest BCUT2D eigenvalue weighted by Gasteiger charge is 2.41. The van der Waals surface area contributed by atoms with Crippen LogP contribution in [0.25, 0.3) is 5.69 Å². The number of aromatic nitrogens is 3. The molecule has 2 aromatic heterocycles. The fourth-order valence-electron chi connectivity index (χ4n) is 2.76. The van der Waals surface area contributed by atoms with Crippen LogP contribution >= 0.6 is 11.6 Å². The first-order chi connectivity index (χ1) is 13.3. The van der Waals surface area contributed by atoms with E-state index in [4.69, 9.17) is 11.6 Å². The third-order valence-electron chi connectivity index (χ3n) is 4.13. The lowest BCUT2D eigenvalue weighted by Gasteiger charge is -2.21. The Kier molecular flexibility index (Phi) is 5.69. The molecule has 0 atom stereocenters. The summed E-state index contributed by atoms with van der Waals surface area (Å²) in [6.45, 7) is 2.11. The van der Waals surface area contributed by atoms with E-state index in [1.54, 1.807) is 31.5 Å². The summed E-state index contributed by atoms with van der Waals surface area (Å²) in [4.78, 5) is 18.1. The molecule has 0 spiro atoms. The molecule has 0 N–H and O–H groups in total. The molecule has 0 aliphatic carbocycles. The van der Waals surface area contributed by atoms with Gasteiger partial charge in [-0.2, -0.15) is 18.3 Å². The number of pyridine rings is 1. The predicted octanol–water partition coefficient (Wildman–Crippen LogP) is 4.60. The molecule has 146 valence electrons. The highest BCUT2D eigenvalue weighted by molar-refractivity contribution is 6.30. The summed E-state index contributed by atoms with van der Waals surface area (Å²) in [6.07, 6.45) is -0.688. The molecular weight excluding hydrogens is 393 g/mol. The van der Waals surface area contributed by atoms with E-state index in [-0.39, 0.29) is 18.8 Å². The summed E-state index contributed by atoms with van der Waals surface area (Å²) >= 11 is 5.80. The van der Waals surface area contributed by atoms with Gasteiger partial charge < -0.3 is 4.90 Å². The summed E-state index contributed by atoms with van der Waals surface area (Å²) < 4.78 is 42.1. The molecule has 3 aromatic rings. The second-order valence-corrected chi connectivity index (χ2v) is 6.40. The number of rotatable bonds is 5. The van der Waals surface area contributed by atoms with Crippen molar-refractivity contribution in [1.29, 1.82) is 0 Å². The van der Waals surface area contributed by atoms with Crippen molar-refractivity contribution in [3.63, 3.8) is 0 Å². The molecule has 0 saturated carbocycles. The average Bonchev–Trinajstić information content (AvgIpc) is 3.12. The van der Waals surface area contributed by atoms with Gasteiger partial charge in [0.25, 0.3) is 5.91 Å². The van der Waals surface area contributed by atoms with Crippen LogP contribution in [-0.2, 0) is 12.7 Å². The standard InChI is InChI=1S/C19H16ClF3N4O/c1-2-26(12-13-7-9-24-10-8-13)18(28)16-11-25-27(17(16)19(21,22)23)15-5-3-14(20)4-6-15/h3-11H,2,12H2,1H3. The molecule has 5 nitrogen and oxygen atoms in total. The molecular formula is C19H16ClF3N4O. The lowest BCUT2D eigenvalue weighted by atomic mass is 10.1. The lowest BCUT2D eigenvalue weighted by molar-refractivity contribution is -0.143. The number of carbonyl (C=O) groups is 1. The van der Waals surface area contributed by atoms with Gasteiger partial charge in [-0.05, 0) is 48.9 Å². The first kappa shape index (κ1) is 19.9. The molecule has 0 fully saturated rings. The number of nitrogens with zero attached hydrogens (tertiary/aromatic N) is 4. The van der Waals surface area contributed by atoms with E-state index >= 15 is 0 Å². The predicted molar refractivity (Wildman–Crippen MR) is 98.2 cm³/mol. The van der Waals surface area contributed by atoms with E-state index in [1.165, 1.54) is 29.2 Å². The maximum absolute atomic E-state index is 13.8. The zero-order valence-electron chi connectivity index (χ0n) is 14.8. The highest BCUT2D eigenvalue weighted by Crippen LogP contribution is 2.34. The summed E-state index contributed by atoms with van der Waals surface area (Å²) in [5.74, 6) is -0.744. The molecule has 0 bridgehead atoms. The van der Waals surface area contributed by atoms with Gasteiger partial charge >= 0.3 is 6.18 Å². The zero-order valence-corrected chi connectivity index (χ0v) is 15.6. The zero-order chi connectivity index (χ0) is 20.3. The highest BCUT2D eigenvalue weighted by atomic mass is 35.5. The van der Waals surface area contributed by atoms with Gasteiger partial charge in [0.1, 0.15) is 0 Å². The first-order valence-corrected chi connectivity index (χ1v) is 8.78. The van der Waals surface area contributed by atoms with Crippen molar-refractivity contribution >= 4 is 17.5 Å². The van der Waals surface area contributed by atoms with Gasteiger partial charge in [0.05, 0.1) is 17.4 Å². The van der Waals surface area contributed by atoms with Crippen molar-refractivity contribution in [1.82, 2.24) is 19.7 Å². The maximum Gasteiger partial charge on any atom is 0.434 e. The van der Waals surface area contributed by atoms with Crippen LogP contribution in [-0.4, -0.2) is 32.1 Å². The third kappa shape index (κ3) is 4.17. The molecule has 1 aromatic carbocycles. The lowest BCUT2D eigenvalue weighted by Crippen LogP contribution is -2.32. The Morgan fingerprint density at radius 3 is 2.36 bits per heavy atom. The van der Waals surface area contributed by atoms with Gasteiger partial charge in [-0.15, -0.1) is 0 Å². The molecule has 0 saturated heterocycles. The third-order valence-corrected chi connectivity index (χ3v) is 4.38. The van der Waals surface area contributed by atoms with E-state index in [1.807, 2.05) is 0 Å². The van der Waals surface area contributed by atoms with E-state index in [0.29, 0.717) is 9.70 Å². The Balaban J connectivity index is 2.00. The number of amides is 1. The van der Waals surface area contributed by atoms with Gasteiger partial charge in [0, 0.05) is 30.5 Å². The Morgan fingerprint density at radius 1 is 1.14 bits per heavy atom. The van der Waals surface area contributed by atoms with E-state index in [9.17, 15) is 18.0 Å². The molecule has 0 aliphatic heterocycles. The Morgan fingerprint density at radius 2 is 1.79 bits per heavy atom. The van der Waals surface area contributed by atoms with Crippen molar-refractivity contribution in [2.45, 2.75) is 19.6 Å². The topological polar surface area (TPSA) is 51.0 Å². The van der Waals surface area contributed by atoms with Gasteiger partial charge in [0.2, 0.25) is 0 Å². The van der Waals surface area contributed by atoms with Crippen molar-refractivity contribution in [2.75, 3.05) is 6.54 Å². The maximum atomic E-state index is 13.8. The Hall–Kier alpha value is -2.87. The van der Waals surface area contributed by atoms with Crippen LogP contribution in [0.2, 0.25) is 5.02 Å². The minimum atomic E-state index is -4.77. The molecule has 28 heavy (non-hydrogen) atoms. The number of halogens is 4. The minimum Gasteiger partial charge on any atom is -0.334 e. The fourth-order valence-corrected chi connectivity index (χ4v) is 2.89. The Labute approximate surface area is 164 Å². The van der Waals surface area contributed by atoms with Crippen molar-refractivity contribution in [3.05, 3.63) is 76.8 Å². The number of carbonyl (C=O) groups excluding carboxylic acids is 1. The molecule has 3 rings (SSSR count). The SMILES string of the molecule is CCN(Cc1ccncc1)C(=O)c1cnn(-c2ccc(Cl)cc2)c1C(F)(F)F. The van der Waals surface area contributed by atoms with Crippen LogP contribution in [0.5, 0.6) is 0 Å². The van der Waals surface area contributed by atoms with Gasteiger partial charge in [-0.3, -0.25) is 9.78 Å². The smallest absolute Gasteiger partial charge is 0.334 e. The summed E-state index contributed by atoms with van der Waals surface area (Å²) in [7, 11) is 0. The monoisotopic (exact) mass is 408 g/mol. The average molecular weight is 409 g/mol. The number of alkyl halides is 3. The summed E-state index contributed by atoms with van der Waals surface area (Å²) in [5, 5.41) is 4.21. The van der Waals surface area contributed by atoms with Gasteiger partial charge in [0.15, 0.2) is 5.69 Å². The Bertz CT molecular complexity index is 956. The molecule has 1 amide bonds. The normalized spacial score (nSPS) is 11.5. The van der Waals surface area contributed by atoms with Crippen molar-refractivity contribution in [3.8, 4) is 5.69 Å². The first-order valence-electron chi connectivity index (χ1n) is 8.40. The largest absolute Gasteiger partial charge is 0.434 e. The van der Waals surface area contributed by atoms with Crippen LogP contribution in [0.1, 0.15) is 28.5 Å². The molecule has 0 radical (unpaired) electrons. The van der Waals surface area contributed by atoms with Gasteiger partial charge in [-0.25, -0.2) is 4.68 Å². The van der Waals surface area contributed by atoms with E-state index in [2.05, 4.69) is 10.1 Å². The molecule has 0 aliphatic rings. The summed E-state index contributed by atoms with van der Waals surface area (Å²) in [6, 6.07) is 9.15. The van der Waals surface area contributed by atoms with Crippen LogP contribution in [0.15, 0.2) is 55.0 Å².